The van der Waals surface area contributed by atoms with E-state index in [1.807, 2.05) is 0 Å². The van der Waals surface area contributed by atoms with Crippen LogP contribution in [0.3, 0.4) is 0 Å². The summed E-state index contributed by atoms with van der Waals surface area (Å²) in [5.41, 5.74) is -0.871. The van der Waals surface area contributed by atoms with Gasteiger partial charge in [-0.25, -0.2) is 0 Å². The van der Waals surface area contributed by atoms with Crippen LogP contribution in [-0.4, -0.2) is 17.0 Å². The number of hydrogen-bond acceptors (Lipinski definition) is 6. The second-order valence-electron chi connectivity index (χ2n) is 3.92. The Balaban J connectivity index is 2.44. The van der Waals surface area contributed by atoms with Gasteiger partial charge in [0.25, 0.3) is 5.69 Å². The minimum atomic E-state index is -0.738. The molecule has 2 aromatic rings. The maximum absolute atomic E-state index is 11.0. The van der Waals surface area contributed by atoms with Gasteiger partial charge in [0.1, 0.15) is 0 Å². The highest BCUT2D eigenvalue weighted by atomic mass is 16.6. The van der Waals surface area contributed by atoms with Crippen molar-refractivity contribution in [2.75, 3.05) is 7.11 Å². The van der Waals surface area contributed by atoms with Crippen LogP contribution in [-0.2, 0) is 0 Å². The molecular weight excluding hydrogens is 280 g/mol. The molecule has 0 aliphatic carbocycles. The van der Waals surface area contributed by atoms with E-state index in [1.54, 1.807) is 24.3 Å². The van der Waals surface area contributed by atoms with Crippen molar-refractivity contribution in [3.8, 4) is 17.2 Å². The molecule has 2 aromatic carbocycles. The lowest BCUT2D eigenvalue weighted by atomic mass is 10.2. The van der Waals surface area contributed by atoms with Gasteiger partial charge in [-0.1, -0.05) is 12.1 Å². The summed E-state index contributed by atoms with van der Waals surface area (Å²) in [6, 6.07) is 9.77. The number of nitrogens with zero attached hydrogens (tertiary/aromatic N) is 2. The molecule has 2 rings (SSSR count). The van der Waals surface area contributed by atoms with Crippen molar-refractivity contribution in [2.24, 2.45) is 0 Å². The van der Waals surface area contributed by atoms with Gasteiger partial charge in [-0.3, -0.25) is 20.2 Å². The van der Waals surface area contributed by atoms with Crippen LogP contribution in [0.1, 0.15) is 0 Å². The molecule has 0 amide bonds. The summed E-state index contributed by atoms with van der Waals surface area (Å²) in [4.78, 5) is 20.2. The molecule has 0 atom stereocenters. The molecule has 0 saturated heterocycles. The number of benzene rings is 2. The number of methoxy groups -OCH3 is 1. The third-order valence-corrected chi connectivity index (χ3v) is 2.64. The average Bonchev–Trinajstić information content (AvgIpc) is 2.47. The van der Waals surface area contributed by atoms with Crippen LogP contribution < -0.4 is 9.47 Å². The van der Waals surface area contributed by atoms with E-state index in [2.05, 4.69) is 0 Å². The predicted molar refractivity (Wildman–Crippen MR) is 72.8 cm³/mol. The first-order chi connectivity index (χ1) is 10.0. The van der Waals surface area contributed by atoms with Crippen molar-refractivity contribution in [3.63, 3.8) is 0 Å². The van der Waals surface area contributed by atoms with Crippen LogP contribution in [0, 0.1) is 20.2 Å². The van der Waals surface area contributed by atoms with Gasteiger partial charge in [0.15, 0.2) is 11.5 Å². The highest BCUT2D eigenvalue weighted by molar-refractivity contribution is 5.56. The van der Waals surface area contributed by atoms with Gasteiger partial charge in [0, 0.05) is 6.07 Å². The molecule has 8 nitrogen and oxygen atoms in total. The fourth-order valence-electron chi connectivity index (χ4n) is 1.67. The van der Waals surface area contributed by atoms with E-state index in [1.165, 1.54) is 13.2 Å². The maximum atomic E-state index is 11.0. The fraction of sp³-hybridized carbons (Fsp3) is 0.0769. The van der Waals surface area contributed by atoms with Crippen molar-refractivity contribution in [1.82, 2.24) is 0 Å². The van der Waals surface area contributed by atoms with Gasteiger partial charge >= 0.3 is 5.69 Å². The number of ether oxygens (including phenoxy) is 2. The summed E-state index contributed by atoms with van der Waals surface area (Å²) in [5, 5.41) is 21.7. The van der Waals surface area contributed by atoms with Crippen LogP contribution in [0.5, 0.6) is 17.2 Å². The topological polar surface area (TPSA) is 105 Å². The third-order valence-electron chi connectivity index (χ3n) is 2.64. The molecule has 0 unspecified atom stereocenters. The quantitative estimate of drug-likeness (QED) is 0.618. The van der Waals surface area contributed by atoms with Crippen molar-refractivity contribution < 1.29 is 19.3 Å². The molecule has 8 heteroatoms. The largest absolute Gasteiger partial charge is 0.493 e. The second kappa shape index (κ2) is 5.87. The zero-order chi connectivity index (χ0) is 15.4. The normalized spacial score (nSPS) is 9.95. The molecule has 0 aliphatic rings. The van der Waals surface area contributed by atoms with Crippen molar-refractivity contribution in [1.29, 1.82) is 0 Å². The lowest BCUT2D eigenvalue weighted by molar-refractivity contribution is -0.394. The van der Waals surface area contributed by atoms with E-state index in [0.717, 1.165) is 12.1 Å². The van der Waals surface area contributed by atoms with Crippen molar-refractivity contribution in [2.45, 2.75) is 0 Å². The first-order valence-electron chi connectivity index (χ1n) is 5.76. The van der Waals surface area contributed by atoms with Gasteiger partial charge < -0.3 is 9.47 Å². The zero-order valence-corrected chi connectivity index (χ0v) is 10.9. The Morgan fingerprint density at radius 1 is 0.905 bits per heavy atom. The van der Waals surface area contributed by atoms with Gasteiger partial charge in [0.2, 0.25) is 5.75 Å². The first-order valence-corrected chi connectivity index (χ1v) is 5.76. The molecule has 0 saturated carbocycles. The average molecular weight is 290 g/mol. The summed E-state index contributed by atoms with van der Waals surface area (Å²) in [6.07, 6.45) is 0. The fourth-order valence-corrected chi connectivity index (χ4v) is 1.67. The predicted octanol–water partition coefficient (Wildman–Crippen LogP) is 3.30. The smallest absolute Gasteiger partial charge is 0.318 e. The summed E-state index contributed by atoms with van der Waals surface area (Å²) in [7, 11) is 1.44. The van der Waals surface area contributed by atoms with Crippen molar-refractivity contribution >= 4 is 11.4 Å². The van der Waals surface area contributed by atoms with Crippen LogP contribution in [0.15, 0.2) is 42.5 Å². The molecule has 0 aromatic heterocycles. The Labute approximate surface area is 118 Å². The number of hydrogen-bond donors (Lipinski definition) is 0. The number of nitro groups is 2. The molecular formula is C13H10N2O6. The van der Waals surface area contributed by atoms with Crippen LogP contribution in [0.4, 0.5) is 11.4 Å². The van der Waals surface area contributed by atoms with E-state index < -0.39 is 15.5 Å². The summed E-state index contributed by atoms with van der Waals surface area (Å²) in [6.45, 7) is 0. The molecule has 0 fully saturated rings. The Morgan fingerprint density at radius 2 is 1.57 bits per heavy atom. The van der Waals surface area contributed by atoms with E-state index in [9.17, 15) is 20.2 Å². The molecule has 0 spiro atoms. The summed E-state index contributed by atoms with van der Waals surface area (Å²) in [5.74, 6) is 0.567. The standard InChI is InChI=1S/C13H10N2O6/c1-20-12-4-2-3-5-13(12)21-11-7-6-9(14(16)17)8-10(11)15(18)19/h2-8H,1H3. The monoisotopic (exact) mass is 290 g/mol. The Kier molecular flexibility index (Phi) is 3.98. The molecule has 0 aliphatic heterocycles. The summed E-state index contributed by atoms with van der Waals surface area (Å²) < 4.78 is 10.5. The van der Waals surface area contributed by atoms with Crippen molar-refractivity contribution in [3.05, 3.63) is 62.7 Å². The number of nitro benzene ring substituents is 2. The Morgan fingerprint density at radius 3 is 2.14 bits per heavy atom. The number of rotatable bonds is 5. The molecule has 0 radical (unpaired) electrons. The minimum absolute atomic E-state index is 0.102. The summed E-state index contributed by atoms with van der Waals surface area (Å²) >= 11 is 0. The van der Waals surface area contributed by atoms with E-state index in [0.29, 0.717) is 5.75 Å². The van der Waals surface area contributed by atoms with Gasteiger partial charge in [0.05, 0.1) is 23.0 Å². The highest BCUT2D eigenvalue weighted by Crippen LogP contribution is 2.37. The van der Waals surface area contributed by atoms with Crippen LogP contribution in [0.2, 0.25) is 0 Å². The number of non-ortho nitro benzene ring substituents is 1. The lowest BCUT2D eigenvalue weighted by Crippen LogP contribution is -1.97. The van der Waals surface area contributed by atoms with Crippen LogP contribution in [0.25, 0.3) is 0 Å². The molecule has 0 heterocycles. The molecule has 0 bridgehead atoms. The lowest BCUT2D eigenvalue weighted by Gasteiger charge is -2.09. The van der Waals surface area contributed by atoms with E-state index in [-0.39, 0.29) is 17.2 Å². The molecule has 21 heavy (non-hydrogen) atoms. The number of para-hydroxylation sites is 2. The maximum Gasteiger partial charge on any atom is 0.318 e. The minimum Gasteiger partial charge on any atom is -0.493 e. The van der Waals surface area contributed by atoms with E-state index in [4.69, 9.17) is 9.47 Å². The first kappa shape index (κ1) is 14.3. The molecule has 108 valence electrons. The Hall–Kier alpha value is -3.16. The third kappa shape index (κ3) is 3.06. The van der Waals surface area contributed by atoms with Gasteiger partial charge in [-0.15, -0.1) is 0 Å². The second-order valence-corrected chi connectivity index (χ2v) is 3.92. The van der Waals surface area contributed by atoms with Gasteiger partial charge in [-0.2, -0.15) is 0 Å². The highest BCUT2D eigenvalue weighted by Gasteiger charge is 2.21. The zero-order valence-electron chi connectivity index (χ0n) is 10.9. The molecule has 0 N–H and O–H groups in total. The van der Waals surface area contributed by atoms with Crippen LogP contribution >= 0.6 is 0 Å². The Bertz CT molecular complexity index is 701. The van der Waals surface area contributed by atoms with E-state index >= 15 is 0 Å². The van der Waals surface area contributed by atoms with Gasteiger partial charge in [-0.05, 0) is 18.2 Å². The SMILES string of the molecule is COc1ccccc1Oc1ccc([N+](=O)[O-])cc1[N+](=O)[O-].